The standard InChI is InChI=1S/C21H21ClN4O2/c1-13-11-14(5-7-16(13)20(28)26-9-3-4-10-26)19(27)25(2)21-23-17-8-6-15(22)12-18(17)24-21/h5-8,11-12H,3-4,9-10H2,1-2H3,(H,23,24). The van der Waals surface area contributed by atoms with Gasteiger partial charge in [0.25, 0.3) is 11.8 Å². The number of aromatic amines is 1. The van der Waals surface area contributed by atoms with Crippen LogP contribution in [-0.2, 0) is 0 Å². The van der Waals surface area contributed by atoms with Crippen molar-refractivity contribution < 1.29 is 9.59 Å². The number of H-pyrrole nitrogens is 1. The number of carbonyl (C=O) groups excluding carboxylic acids is 2. The molecular weight excluding hydrogens is 376 g/mol. The van der Waals surface area contributed by atoms with E-state index in [0.29, 0.717) is 22.1 Å². The molecule has 1 saturated heterocycles. The van der Waals surface area contributed by atoms with Crippen molar-refractivity contribution >= 4 is 40.4 Å². The molecule has 0 bridgehead atoms. The van der Waals surface area contributed by atoms with Crippen LogP contribution in [0.4, 0.5) is 5.95 Å². The van der Waals surface area contributed by atoms with Crippen LogP contribution in [0.25, 0.3) is 11.0 Å². The predicted molar refractivity (Wildman–Crippen MR) is 110 cm³/mol. The van der Waals surface area contributed by atoms with Crippen LogP contribution in [0.15, 0.2) is 36.4 Å². The fourth-order valence-electron chi connectivity index (χ4n) is 3.54. The SMILES string of the molecule is Cc1cc(C(=O)N(C)c2nc3ccc(Cl)cc3[nH]2)ccc1C(=O)N1CCCC1. The Morgan fingerprint density at radius 2 is 1.89 bits per heavy atom. The number of rotatable bonds is 3. The van der Waals surface area contributed by atoms with E-state index < -0.39 is 0 Å². The van der Waals surface area contributed by atoms with Gasteiger partial charge in [-0.1, -0.05) is 11.6 Å². The Labute approximate surface area is 168 Å². The summed E-state index contributed by atoms with van der Waals surface area (Å²) in [7, 11) is 1.67. The van der Waals surface area contributed by atoms with Gasteiger partial charge in [0.1, 0.15) is 0 Å². The molecule has 1 aromatic heterocycles. The molecule has 0 unspecified atom stereocenters. The molecule has 0 saturated carbocycles. The van der Waals surface area contributed by atoms with Crippen LogP contribution in [0.2, 0.25) is 5.02 Å². The van der Waals surface area contributed by atoms with Crippen molar-refractivity contribution in [2.24, 2.45) is 0 Å². The van der Waals surface area contributed by atoms with Crippen LogP contribution in [0, 0.1) is 6.92 Å². The number of aryl methyl sites for hydroxylation is 1. The molecule has 2 aromatic carbocycles. The van der Waals surface area contributed by atoms with Gasteiger partial charge in [0.2, 0.25) is 5.95 Å². The first-order valence-electron chi connectivity index (χ1n) is 9.27. The molecule has 1 N–H and O–H groups in total. The highest BCUT2D eigenvalue weighted by molar-refractivity contribution is 6.31. The highest BCUT2D eigenvalue weighted by Gasteiger charge is 2.23. The van der Waals surface area contributed by atoms with Gasteiger partial charge < -0.3 is 9.88 Å². The monoisotopic (exact) mass is 396 g/mol. The maximum Gasteiger partial charge on any atom is 0.260 e. The molecule has 6 nitrogen and oxygen atoms in total. The Balaban J connectivity index is 1.58. The lowest BCUT2D eigenvalue weighted by Gasteiger charge is -2.18. The van der Waals surface area contributed by atoms with Crippen LogP contribution in [0.3, 0.4) is 0 Å². The van der Waals surface area contributed by atoms with E-state index in [-0.39, 0.29) is 11.8 Å². The van der Waals surface area contributed by atoms with Crippen molar-refractivity contribution in [1.82, 2.24) is 14.9 Å². The van der Waals surface area contributed by atoms with E-state index in [1.54, 1.807) is 43.4 Å². The van der Waals surface area contributed by atoms with E-state index in [4.69, 9.17) is 11.6 Å². The smallest absolute Gasteiger partial charge is 0.260 e. The summed E-state index contributed by atoms with van der Waals surface area (Å²) in [5, 5.41) is 0.602. The molecule has 0 radical (unpaired) electrons. The van der Waals surface area contributed by atoms with Crippen molar-refractivity contribution in [3.8, 4) is 0 Å². The van der Waals surface area contributed by atoms with Gasteiger partial charge in [0.15, 0.2) is 0 Å². The van der Waals surface area contributed by atoms with E-state index in [9.17, 15) is 9.59 Å². The van der Waals surface area contributed by atoms with Gasteiger partial charge in [-0.2, -0.15) is 0 Å². The van der Waals surface area contributed by atoms with Gasteiger partial charge in [0.05, 0.1) is 11.0 Å². The van der Waals surface area contributed by atoms with E-state index in [1.165, 1.54) is 4.90 Å². The van der Waals surface area contributed by atoms with E-state index in [2.05, 4.69) is 9.97 Å². The summed E-state index contributed by atoms with van der Waals surface area (Å²) in [6, 6.07) is 10.6. The maximum atomic E-state index is 12.9. The summed E-state index contributed by atoms with van der Waals surface area (Å²) in [4.78, 5) is 36.5. The number of anilines is 1. The van der Waals surface area contributed by atoms with Crippen molar-refractivity contribution in [1.29, 1.82) is 0 Å². The second kappa shape index (κ2) is 7.28. The summed E-state index contributed by atoms with van der Waals surface area (Å²) in [5.74, 6) is 0.280. The number of amides is 2. The number of nitrogens with zero attached hydrogens (tertiary/aromatic N) is 3. The van der Waals surface area contributed by atoms with Crippen LogP contribution in [-0.4, -0.2) is 46.8 Å². The van der Waals surface area contributed by atoms with Crippen molar-refractivity contribution in [3.63, 3.8) is 0 Å². The van der Waals surface area contributed by atoms with Crippen molar-refractivity contribution in [3.05, 3.63) is 58.1 Å². The Bertz CT molecular complexity index is 1070. The first-order chi connectivity index (χ1) is 13.4. The molecule has 4 rings (SSSR count). The second-order valence-corrected chi connectivity index (χ2v) is 7.55. The molecule has 7 heteroatoms. The minimum absolute atomic E-state index is 0.0384. The van der Waals surface area contributed by atoms with E-state index >= 15 is 0 Å². The lowest BCUT2D eigenvalue weighted by atomic mass is 10.0. The molecule has 0 spiro atoms. The quantitative estimate of drug-likeness (QED) is 0.726. The summed E-state index contributed by atoms with van der Waals surface area (Å²) in [5.41, 5.74) is 3.47. The van der Waals surface area contributed by atoms with Gasteiger partial charge in [0, 0.05) is 36.3 Å². The van der Waals surface area contributed by atoms with Gasteiger partial charge in [-0.25, -0.2) is 4.98 Å². The Kier molecular flexibility index (Phi) is 4.81. The number of hydrogen-bond donors (Lipinski definition) is 1. The maximum absolute atomic E-state index is 12.9. The highest BCUT2D eigenvalue weighted by atomic mass is 35.5. The number of carbonyl (C=O) groups is 2. The first-order valence-corrected chi connectivity index (χ1v) is 9.65. The predicted octanol–water partition coefficient (Wildman–Crippen LogP) is 4.04. The van der Waals surface area contributed by atoms with Crippen LogP contribution in [0.5, 0.6) is 0 Å². The molecule has 144 valence electrons. The molecular formula is C21H21ClN4O2. The molecule has 28 heavy (non-hydrogen) atoms. The van der Waals surface area contributed by atoms with Crippen molar-refractivity contribution in [2.75, 3.05) is 25.0 Å². The summed E-state index contributed by atoms with van der Waals surface area (Å²) in [6.45, 7) is 3.47. The molecule has 2 heterocycles. The number of nitrogens with one attached hydrogen (secondary N) is 1. The minimum Gasteiger partial charge on any atom is -0.339 e. The zero-order valence-corrected chi connectivity index (χ0v) is 16.6. The number of likely N-dealkylation sites (tertiary alicyclic amines) is 1. The fourth-order valence-corrected chi connectivity index (χ4v) is 3.72. The van der Waals surface area contributed by atoms with Crippen LogP contribution < -0.4 is 4.90 Å². The average Bonchev–Trinajstić information content (AvgIpc) is 3.35. The molecule has 1 aliphatic heterocycles. The molecule has 2 amide bonds. The third kappa shape index (κ3) is 3.36. The summed E-state index contributed by atoms with van der Waals surface area (Å²) in [6.07, 6.45) is 2.10. The first kappa shape index (κ1) is 18.5. The lowest BCUT2D eigenvalue weighted by molar-refractivity contribution is 0.0791. The highest BCUT2D eigenvalue weighted by Crippen LogP contribution is 2.22. The fraction of sp³-hybridized carbons (Fsp3) is 0.286. The summed E-state index contributed by atoms with van der Waals surface area (Å²) >= 11 is 6.01. The molecule has 3 aromatic rings. The van der Waals surface area contributed by atoms with Gasteiger partial charge in [-0.3, -0.25) is 14.5 Å². The zero-order chi connectivity index (χ0) is 19.8. The molecule has 1 fully saturated rings. The Hall–Kier alpha value is -2.86. The second-order valence-electron chi connectivity index (χ2n) is 7.12. The van der Waals surface area contributed by atoms with Gasteiger partial charge in [-0.05, 0) is 61.7 Å². The third-order valence-corrected chi connectivity index (χ3v) is 5.39. The molecule has 1 aliphatic rings. The Morgan fingerprint density at radius 1 is 1.14 bits per heavy atom. The number of aromatic nitrogens is 2. The lowest BCUT2D eigenvalue weighted by Crippen LogP contribution is -2.29. The molecule has 0 aliphatic carbocycles. The number of fused-ring (bicyclic) bond motifs is 1. The third-order valence-electron chi connectivity index (χ3n) is 5.15. The minimum atomic E-state index is -0.201. The number of hydrogen-bond acceptors (Lipinski definition) is 3. The van der Waals surface area contributed by atoms with Crippen molar-refractivity contribution in [2.45, 2.75) is 19.8 Å². The van der Waals surface area contributed by atoms with Crippen LogP contribution >= 0.6 is 11.6 Å². The van der Waals surface area contributed by atoms with Crippen LogP contribution in [0.1, 0.15) is 39.1 Å². The summed E-state index contributed by atoms with van der Waals surface area (Å²) < 4.78 is 0. The number of halogens is 1. The van der Waals surface area contributed by atoms with Gasteiger partial charge >= 0.3 is 0 Å². The zero-order valence-electron chi connectivity index (χ0n) is 15.8. The largest absolute Gasteiger partial charge is 0.339 e. The van der Waals surface area contributed by atoms with Gasteiger partial charge in [-0.15, -0.1) is 0 Å². The number of benzene rings is 2. The molecule has 0 atom stereocenters. The topological polar surface area (TPSA) is 69.3 Å². The van der Waals surface area contributed by atoms with E-state index in [1.807, 2.05) is 11.8 Å². The average molecular weight is 397 g/mol. The number of imidazole rings is 1. The Morgan fingerprint density at radius 3 is 2.61 bits per heavy atom. The normalized spacial score (nSPS) is 13.9. The van der Waals surface area contributed by atoms with E-state index in [0.717, 1.165) is 42.5 Å².